The Bertz CT molecular complexity index is 1880. The Kier molecular flexibility index (Phi) is 7.66. The molecule has 3 heterocycles. The zero-order valence-electron chi connectivity index (χ0n) is 22.8. The molecule has 12 heteroatoms. The second kappa shape index (κ2) is 11.7. The maximum Gasteiger partial charge on any atom is 0.252 e. The number of nitrogens with zero attached hydrogens (tertiary/aromatic N) is 4. The largest absolute Gasteiger partial charge is 0.485 e. The highest BCUT2D eigenvalue weighted by molar-refractivity contribution is 6.31. The van der Waals surface area contributed by atoms with Crippen LogP contribution in [0.4, 0.5) is 0 Å². The topological polar surface area (TPSA) is 150 Å². The van der Waals surface area contributed by atoms with Gasteiger partial charge in [0, 0.05) is 60.1 Å². The van der Waals surface area contributed by atoms with Crippen LogP contribution in [-0.4, -0.2) is 68.2 Å². The SMILES string of the molecule is NC(=O)c1cc2cc(Cl)ccc2cc1OCC(=O)c1cn(CCN2CC[C@@H](O)C2=O)c2cc(Oc3cccnn3)ccc12. The Morgan fingerprint density at radius 3 is 2.65 bits per heavy atom. The van der Waals surface area contributed by atoms with Gasteiger partial charge in [0.2, 0.25) is 11.7 Å². The van der Waals surface area contributed by atoms with Gasteiger partial charge in [-0.05, 0) is 59.7 Å². The van der Waals surface area contributed by atoms with Gasteiger partial charge >= 0.3 is 0 Å². The van der Waals surface area contributed by atoms with Crippen molar-refractivity contribution in [2.24, 2.45) is 5.73 Å². The normalized spacial score (nSPS) is 14.9. The fraction of sp³-hybridized carbons (Fsp3) is 0.194. The average Bonchev–Trinajstić information content (AvgIpc) is 3.53. The second-order valence-corrected chi connectivity index (χ2v) is 10.6. The summed E-state index contributed by atoms with van der Waals surface area (Å²) in [7, 11) is 0. The Morgan fingerprint density at radius 1 is 1.05 bits per heavy atom. The Balaban J connectivity index is 1.29. The van der Waals surface area contributed by atoms with Crippen LogP contribution in [0.5, 0.6) is 17.4 Å². The monoisotopic (exact) mass is 599 g/mol. The summed E-state index contributed by atoms with van der Waals surface area (Å²) in [6.07, 6.45) is 2.64. The van der Waals surface area contributed by atoms with E-state index in [-0.39, 0.29) is 29.6 Å². The van der Waals surface area contributed by atoms with E-state index in [2.05, 4.69) is 10.2 Å². The number of aliphatic hydroxyl groups excluding tert-OH is 1. The van der Waals surface area contributed by atoms with Gasteiger partial charge in [-0.15, -0.1) is 5.10 Å². The molecular weight excluding hydrogens is 574 g/mol. The summed E-state index contributed by atoms with van der Waals surface area (Å²) in [6, 6.07) is 17.1. The smallest absolute Gasteiger partial charge is 0.252 e. The second-order valence-electron chi connectivity index (χ2n) is 10.1. The van der Waals surface area contributed by atoms with E-state index in [9.17, 15) is 19.5 Å². The third-order valence-electron chi connectivity index (χ3n) is 7.33. The summed E-state index contributed by atoms with van der Waals surface area (Å²) in [5, 5.41) is 20.3. The van der Waals surface area contributed by atoms with Crippen molar-refractivity contribution in [3.05, 3.63) is 89.2 Å². The van der Waals surface area contributed by atoms with Gasteiger partial charge in [-0.2, -0.15) is 5.10 Å². The number of benzene rings is 3. The molecule has 0 saturated carbocycles. The van der Waals surface area contributed by atoms with Crippen LogP contribution in [0, 0.1) is 0 Å². The van der Waals surface area contributed by atoms with Crippen molar-refractivity contribution >= 4 is 50.9 Å². The molecule has 0 radical (unpaired) electrons. The highest BCUT2D eigenvalue weighted by atomic mass is 35.5. The molecule has 1 saturated heterocycles. The first-order chi connectivity index (χ1) is 20.8. The molecule has 0 spiro atoms. The summed E-state index contributed by atoms with van der Waals surface area (Å²) in [4.78, 5) is 39.6. The summed E-state index contributed by atoms with van der Waals surface area (Å²) >= 11 is 6.10. The predicted octanol–water partition coefficient (Wildman–Crippen LogP) is 3.98. The van der Waals surface area contributed by atoms with Crippen LogP contribution in [0.25, 0.3) is 21.7 Å². The first kappa shape index (κ1) is 28.1. The van der Waals surface area contributed by atoms with E-state index >= 15 is 0 Å². The van der Waals surface area contributed by atoms with Crippen molar-refractivity contribution in [1.29, 1.82) is 0 Å². The lowest BCUT2D eigenvalue weighted by molar-refractivity contribution is -0.134. The Morgan fingerprint density at radius 2 is 1.91 bits per heavy atom. The molecular formula is C31H26ClN5O6. The summed E-state index contributed by atoms with van der Waals surface area (Å²) in [5.41, 5.74) is 6.82. The number of nitrogens with two attached hydrogens (primary N) is 1. The maximum atomic E-state index is 13.5. The van der Waals surface area contributed by atoms with Crippen LogP contribution in [0.2, 0.25) is 5.02 Å². The molecule has 2 aromatic heterocycles. The van der Waals surface area contributed by atoms with Crippen molar-refractivity contribution in [3.8, 4) is 17.4 Å². The lowest BCUT2D eigenvalue weighted by Gasteiger charge is -2.16. The third-order valence-corrected chi connectivity index (χ3v) is 7.56. The minimum atomic E-state index is -0.986. The number of halogens is 1. The highest BCUT2D eigenvalue weighted by Gasteiger charge is 2.29. The van der Waals surface area contributed by atoms with Gasteiger partial charge in [-0.1, -0.05) is 17.7 Å². The Labute approximate surface area is 250 Å². The molecule has 5 aromatic rings. The van der Waals surface area contributed by atoms with E-state index in [0.717, 1.165) is 5.39 Å². The molecule has 218 valence electrons. The van der Waals surface area contributed by atoms with Gasteiger partial charge < -0.3 is 29.8 Å². The van der Waals surface area contributed by atoms with Gasteiger partial charge in [0.1, 0.15) is 17.6 Å². The summed E-state index contributed by atoms with van der Waals surface area (Å²) < 4.78 is 13.6. The fourth-order valence-corrected chi connectivity index (χ4v) is 5.34. The molecule has 6 rings (SSSR count). The molecule has 1 aliphatic rings. The number of amides is 2. The maximum absolute atomic E-state index is 13.5. The van der Waals surface area contributed by atoms with Crippen LogP contribution >= 0.6 is 11.6 Å². The summed E-state index contributed by atoms with van der Waals surface area (Å²) in [5.74, 6) is -0.355. The molecule has 43 heavy (non-hydrogen) atoms. The van der Waals surface area contributed by atoms with Crippen LogP contribution in [0.15, 0.2) is 73.1 Å². The van der Waals surface area contributed by atoms with Crippen molar-refractivity contribution in [3.63, 3.8) is 0 Å². The molecule has 11 nitrogen and oxygen atoms in total. The number of aromatic nitrogens is 3. The van der Waals surface area contributed by atoms with Gasteiger partial charge in [-0.3, -0.25) is 14.4 Å². The van der Waals surface area contributed by atoms with Crippen LogP contribution in [-0.2, 0) is 11.3 Å². The number of ether oxygens (including phenoxy) is 2. The molecule has 0 bridgehead atoms. The predicted molar refractivity (Wildman–Crippen MR) is 159 cm³/mol. The molecule has 1 fully saturated rings. The van der Waals surface area contributed by atoms with E-state index in [1.54, 1.807) is 71.8 Å². The quantitative estimate of drug-likeness (QED) is 0.229. The lowest BCUT2D eigenvalue weighted by atomic mass is 10.1. The highest BCUT2D eigenvalue weighted by Crippen LogP contribution is 2.31. The minimum Gasteiger partial charge on any atom is -0.485 e. The molecule has 0 unspecified atom stereocenters. The number of carbonyl (C=O) groups excluding carboxylic acids is 3. The average molecular weight is 600 g/mol. The first-order valence-corrected chi connectivity index (χ1v) is 13.9. The molecule has 1 aliphatic heterocycles. The number of rotatable bonds is 10. The standard InChI is InChI=1S/C31H26ClN5O6/c32-20-4-3-18-14-28(23(30(33)40)13-19(18)12-20)42-17-27(39)24-16-37(11-10-36-9-7-26(38)31(36)41)25-15-21(5-6-22(24)25)43-29-2-1-8-34-35-29/h1-6,8,12-16,26,38H,7,9-11,17H2,(H2,33,40)/t26-/m1/s1. The van der Waals surface area contributed by atoms with Gasteiger partial charge in [0.25, 0.3) is 11.8 Å². The number of aliphatic hydroxyl groups is 1. The van der Waals surface area contributed by atoms with E-state index in [4.69, 9.17) is 26.8 Å². The van der Waals surface area contributed by atoms with Crippen molar-refractivity contribution in [2.45, 2.75) is 19.1 Å². The number of hydrogen-bond donors (Lipinski definition) is 2. The van der Waals surface area contributed by atoms with Crippen molar-refractivity contribution in [2.75, 3.05) is 19.7 Å². The number of Topliss-reactive ketones (excluding diaryl/α,β-unsaturated/α-hetero) is 1. The molecule has 3 N–H and O–H groups in total. The molecule has 1 atom stereocenters. The fourth-order valence-electron chi connectivity index (χ4n) is 5.16. The van der Waals surface area contributed by atoms with Crippen molar-refractivity contribution in [1.82, 2.24) is 19.7 Å². The van der Waals surface area contributed by atoms with Crippen LogP contribution < -0.4 is 15.2 Å². The number of hydrogen-bond acceptors (Lipinski definition) is 8. The lowest BCUT2D eigenvalue weighted by Crippen LogP contribution is -2.32. The first-order valence-electron chi connectivity index (χ1n) is 13.5. The number of primary amides is 1. The van der Waals surface area contributed by atoms with E-state index < -0.39 is 12.0 Å². The van der Waals surface area contributed by atoms with E-state index in [0.29, 0.717) is 64.6 Å². The summed E-state index contributed by atoms with van der Waals surface area (Å²) in [6.45, 7) is 0.825. The molecule has 2 amide bonds. The number of fused-ring (bicyclic) bond motifs is 2. The number of carbonyl (C=O) groups is 3. The van der Waals surface area contributed by atoms with Crippen LogP contribution in [0.3, 0.4) is 0 Å². The van der Waals surface area contributed by atoms with Crippen LogP contribution in [0.1, 0.15) is 27.1 Å². The van der Waals surface area contributed by atoms with Gasteiger partial charge in [0.05, 0.1) is 11.1 Å². The zero-order chi connectivity index (χ0) is 30.1. The van der Waals surface area contributed by atoms with E-state index in [1.165, 1.54) is 6.20 Å². The van der Waals surface area contributed by atoms with Gasteiger partial charge in [-0.25, -0.2) is 0 Å². The zero-order valence-corrected chi connectivity index (χ0v) is 23.5. The molecule has 0 aliphatic carbocycles. The van der Waals surface area contributed by atoms with Gasteiger partial charge in [0.15, 0.2) is 6.61 Å². The minimum absolute atomic E-state index is 0.133. The third kappa shape index (κ3) is 5.85. The number of likely N-dealkylation sites (tertiary alicyclic amines) is 1. The number of ketones is 1. The Hall–Kier alpha value is -5.00. The molecule has 3 aromatic carbocycles. The van der Waals surface area contributed by atoms with Crippen molar-refractivity contribution < 1.29 is 29.0 Å². The van der Waals surface area contributed by atoms with E-state index in [1.807, 2.05) is 4.57 Å².